The second kappa shape index (κ2) is 8.13. The van der Waals surface area contributed by atoms with Gasteiger partial charge in [-0.1, -0.05) is 12.1 Å². The number of para-hydroxylation sites is 1. The van der Waals surface area contributed by atoms with Crippen molar-refractivity contribution in [1.82, 2.24) is 5.32 Å². The number of carbonyl (C=O) groups excluding carboxylic acids is 1. The second-order valence-corrected chi connectivity index (χ2v) is 4.04. The molecule has 0 spiro atoms. The van der Waals surface area contributed by atoms with E-state index in [1.165, 1.54) is 0 Å². The number of rotatable bonds is 8. The Bertz CT molecular complexity index is 431. The summed E-state index contributed by atoms with van der Waals surface area (Å²) in [5.74, 6) is -0.444. The molecule has 0 bridgehead atoms. The summed E-state index contributed by atoms with van der Waals surface area (Å²) in [5.41, 5.74) is 0.502. The first-order valence-electron chi connectivity index (χ1n) is 6.37. The molecule has 2 N–H and O–H groups in total. The van der Waals surface area contributed by atoms with Crippen LogP contribution in [0, 0.1) is 0 Å². The van der Waals surface area contributed by atoms with E-state index in [1.807, 2.05) is 13.0 Å². The third kappa shape index (κ3) is 5.42. The summed E-state index contributed by atoms with van der Waals surface area (Å²) in [4.78, 5) is 22.3. The number of carbonyl (C=O) groups is 2. The molecular weight excluding hydrogens is 246 g/mol. The van der Waals surface area contributed by atoms with E-state index >= 15 is 0 Å². The van der Waals surface area contributed by atoms with Crippen molar-refractivity contribution in [3.8, 4) is 5.75 Å². The van der Waals surface area contributed by atoms with Gasteiger partial charge in [-0.3, -0.25) is 9.59 Å². The number of amides is 1. The SMILES string of the molecule is CCOc1ccccc1C(=O)NCCCCC(=O)O. The first kappa shape index (κ1) is 15.0. The minimum absolute atomic E-state index is 0.130. The Hall–Kier alpha value is -2.04. The van der Waals surface area contributed by atoms with Gasteiger partial charge in [-0.05, 0) is 31.9 Å². The molecule has 1 amide bonds. The van der Waals surface area contributed by atoms with E-state index in [1.54, 1.807) is 18.2 Å². The number of hydrogen-bond acceptors (Lipinski definition) is 3. The number of aliphatic carboxylic acids is 1. The quantitative estimate of drug-likeness (QED) is 0.705. The zero-order valence-electron chi connectivity index (χ0n) is 11.0. The number of carboxylic acid groups (broad SMARTS) is 1. The fourth-order valence-electron chi connectivity index (χ4n) is 1.63. The van der Waals surface area contributed by atoms with Crippen molar-refractivity contribution in [3.05, 3.63) is 29.8 Å². The number of carboxylic acids is 1. The van der Waals surface area contributed by atoms with E-state index in [0.29, 0.717) is 37.3 Å². The van der Waals surface area contributed by atoms with Crippen molar-refractivity contribution in [2.45, 2.75) is 26.2 Å². The standard InChI is InChI=1S/C14H19NO4/c1-2-19-12-8-4-3-7-11(12)14(18)15-10-6-5-9-13(16)17/h3-4,7-8H,2,5-6,9-10H2,1H3,(H,15,18)(H,16,17). The Morgan fingerprint density at radius 1 is 1.26 bits per heavy atom. The van der Waals surface area contributed by atoms with Crippen LogP contribution in [0.25, 0.3) is 0 Å². The third-order valence-corrected chi connectivity index (χ3v) is 2.53. The van der Waals surface area contributed by atoms with Gasteiger partial charge >= 0.3 is 5.97 Å². The summed E-state index contributed by atoms with van der Waals surface area (Å²) in [6.07, 6.45) is 1.34. The maximum Gasteiger partial charge on any atom is 0.303 e. The van der Waals surface area contributed by atoms with E-state index < -0.39 is 5.97 Å². The van der Waals surface area contributed by atoms with Crippen LogP contribution in [0.4, 0.5) is 0 Å². The highest BCUT2D eigenvalue weighted by Gasteiger charge is 2.10. The highest BCUT2D eigenvalue weighted by molar-refractivity contribution is 5.96. The monoisotopic (exact) mass is 265 g/mol. The molecule has 104 valence electrons. The van der Waals surface area contributed by atoms with Crippen molar-refractivity contribution in [2.75, 3.05) is 13.2 Å². The predicted molar refractivity (Wildman–Crippen MR) is 71.4 cm³/mol. The molecular formula is C14H19NO4. The lowest BCUT2D eigenvalue weighted by molar-refractivity contribution is -0.137. The first-order chi connectivity index (χ1) is 9.15. The zero-order valence-corrected chi connectivity index (χ0v) is 11.0. The first-order valence-corrected chi connectivity index (χ1v) is 6.37. The molecule has 0 heterocycles. The van der Waals surface area contributed by atoms with Crippen LogP contribution < -0.4 is 10.1 Å². The summed E-state index contributed by atoms with van der Waals surface area (Å²) >= 11 is 0. The zero-order chi connectivity index (χ0) is 14.1. The Balaban J connectivity index is 2.43. The van der Waals surface area contributed by atoms with Gasteiger partial charge in [0.1, 0.15) is 5.75 Å². The molecule has 0 fully saturated rings. The molecule has 0 aliphatic rings. The summed E-state index contributed by atoms with van der Waals surface area (Å²) in [7, 11) is 0. The van der Waals surface area contributed by atoms with Crippen molar-refractivity contribution in [2.24, 2.45) is 0 Å². The minimum atomic E-state index is -0.812. The van der Waals surface area contributed by atoms with E-state index in [2.05, 4.69) is 5.32 Å². The van der Waals surface area contributed by atoms with Crippen LogP contribution in [0.3, 0.4) is 0 Å². The topological polar surface area (TPSA) is 75.6 Å². The number of unbranched alkanes of at least 4 members (excludes halogenated alkanes) is 1. The Morgan fingerprint density at radius 2 is 2.00 bits per heavy atom. The lowest BCUT2D eigenvalue weighted by Gasteiger charge is -2.10. The van der Waals surface area contributed by atoms with Gasteiger partial charge in [0, 0.05) is 13.0 Å². The molecule has 1 rings (SSSR count). The maximum atomic E-state index is 11.9. The lowest BCUT2D eigenvalue weighted by Crippen LogP contribution is -2.25. The molecule has 19 heavy (non-hydrogen) atoms. The lowest BCUT2D eigenvalue weighted by atomic mass is 10.2. The van der Waals surface area contributed by atoms with Crippen LogP contribution in [-0.4, -0.2) is 30.1 Å². The number of nitrogens with one attached hydrogen (secondary N) is 1. The van der Waals surface area contributed by atoms with Gasteiger partial charge in [0.05, 0.1) is 12.2 Å². The fourth-order valence-corrected chi connectivity index (χ4v) is 1.63. The predicted octanol–water partition coefficient (Wildman–Crippen LogP) is 2.07. The van der Waals surface area contributed by atoms with Gasteiger partial charge in [-0.25, -0.2) is 0 Å². The van der Waals surface area contributed by atoms with E-state index in [-0.39, 0.29) is 12.3 Å². The van der Waals surface area contributed by atoms with Crippen molar-refractivity contribution in [1.29, 1.82) is 0 Å². The summed E-state index contributed by atoms with van der Waals surface area (Å²) in [6.45, 7) is 2.83. The average Bonchev–Trinajstić information content (AvgIpc) is 2.39. The molecule has 5 heteroatoms. The number of ether oxygens (including phenoxy) is 1. The van der Waals surface area contributed by atoms with Gasteiger partial charge in [0.2, 0.25) is 0 Å². The molecule has 1 aromatic rings. The van der Waals surface area contributed by atoms with Gasteiger partial charge in [0.25, 0.3) is 5.91 Å². The van der Waals surface area contributed by atoms with Crippen LogP contribution in [0.5, 0.6) is 5.75 Å². The van der Waals surface area contributed by atoms with Crippen LogP contribution >= 0.6 is 0 Å². The second-order valence-electron chi connectivity index (χ2n) is 4.04. The Labute approximate surface area is 112 Å². The molecule has 0 radical (unpaired) electrons. The van der Waals surface area contributed by atoms with E-state index in [0.717, 1.165) is 0 Å². The minimum Gasteiger partial charge on any atom is -0.493 e. The largest absolute Gasteiger partial charge is 0.493 e. The summed E-state index contributed by atoms with van der Waals surface area (Å²) in [5, 5.41) is 11.3. The molecule has 1 aromatic carbocycles. The molecule has 5 nitrogen and oxygen atoms in total. The summed E-state index contributed by atoms with van der Waals surface area (Å²) < 4.78 is 5.38. The van der Waals surface area contributed by atoms with Crippen molar-refractivity contribution >= 4 is 11.9 Å². The van der Waals surface area contributed by atoms with Gasteiger partial charge in [0.15, 0.2) is 0 Å². The average molecular weight is 265 g/mol. The molecule has 0 atom stereocenters. The van der Waals surface area contributed by atoms with E-state index in [9.17, 15) is 9.59 Å². The maximum absolute atomic E-state index is 11.9. The van der Waals surface area contributed by atoms with E-state index in [4.69, 9.17) is 9.84 Å². The van der Waals surface area contributed by atoms with Gasteiger partial charge in [-0.15, -0.1) is 0 Å². The molecule has 0 aliphatic heterocycles. The van der Waals surface area contributed by atoms with Crippen molar-refractivity contribution in [3.63, 3.8) is 0 Å². The fraction of sp³-hybridized carbons (Fsp3) is 0.429. The van der Waals surface area contributed by atoms with Crippen molar-refractivity contribution < 1.29 is 19.4 Å². The van der Waals surface area contributed by atoms with Crippen LogP contribution in [-0.2, 0) is 4.79 Å². The molecule has 0 saturated carbocycles. The molecule has 0 saturated heterocycles. The Morgan fingerprint density at radius 3 is 2.68 bits per heavy atom. The van der Waals surface area contributed by atoms with Gasteiger partial charge < -0.3 is 15.2 Å². The molecule has 0 unspecified atom stereocenters. The third-order valence-electron chi connectivity index (χ3n) is 2.53. The van der Waals surface area contributed by atoms with Crippen LogP contribution in [0.1, 0.15) is 36.5 Å². The highest BCUT2D eigenvalue weighted by Crippen LogP contribution is 2.17. The Kier molecular flexibility index (Phi) is 6.43. The van der Waals surface area contributed by atoms with Gasteiger partial charge in [-0.2, -0.15) is 0 Å². The number of benzene rings is 1. The summed E-state index contributed by atoms with van der Waals surface area (Å²) in [6, 6.07) is 7.05. The molecule has 0 aliphatic carbocycles. The molecule has 0 aromatic heterocycles. The van der Waals surface area contributed by atoms with Crippen LogP contribution in [0.2, 0.25) is 0 Å². The number of hydrogen-bond donors (Lipinski definition) is 2. The smallest absolute Gasteiger partial charge is 0.303 e. The highest BCUT2D eigenvalue weighted by atomic mass is 16.5. The van der Waals surface area contributed by atoms with Crippen LogP contribution in [0.15, 0.2) is 24.3 Å². The normalized spacial score (nSPS) is 9.95.